The highest BCUT2D eigenvalue weighted by atomic mass is 16.2. The molecule has 0 unspecified atom stereocenters. The number of hydrogen-bond acceptors (Lipinski definition) is 4. The molecule has 2 aromatic rings. The van der Waals surface area contributed by atoms with Crippen molar-refractivity contribution in [3.63, 3.8) is 0 Å². The maximum absolute atomic E-state index is 13.6. The second kappa shape index (κ2) is 10.8. The Kier molecular flexibility index (Phi) is 7.32. The molecule has 7 nitrogen and oxygen atoms in total. The lowest BCUT2D eigenvalue weighted by atomic mass is 9.89. The van der Waals surface area contributed by atoms with Crippen LogP contribution in [0.25, 0.3) is 0 Å². The molecule has 3 amide bonds. The van der Waals surface area contributed by atoms with Gasteiger partial charge in [0.15, 0.2) is 0 Å². The molecule has 0 atom stereocenters. The molecule has 1 aromatic heterocycles. The van der Waals surface area contributed by atoms with E-state index < -0.39 is 0 Å². The first-order valence-electron chi connectivity index (χ1n) is 13.2. The number of aromatic nitrogens is 1. The van der Waals surface area contributed by atoms with E-state index in [4.69, 9.17) is 4.98 Å². The molecule has 2 aliphatic heterocycles. The van der Waals surface area contributed by atoms with Crippen LogP contribution in [0.1, 0.15) is 66.2 Å². The molecular weight excluding hydrogens is 438 g/mol. The second-order valence-electron chi connectivity index (χ2n) is 10.2. The summed E-state index contributed by atoms with van der Waals surface area (Å²) in [6, 6.07) is 14.1. The van der Waals surface area contributed by atoms with E-state index in [1.165, 1.54) is 25.7 Å². The number of piperidine rings is 1. The summed E-state index contributed by atoms with van der Waals surface area (Å²) in [5.41, 5.74) is 3.40. The van der Waals surface area contributed by atoms with Crippen molar-refractivity contribution in [3.8, 4) is 0 Å². The summed E-state index contributed by atoms with van der Waals surface area (Å²) in [6.07, 6.45) is 6.93. The van der Waals surface area contributed by atoms with Crippen LogP contribution in [0.15, 0.2) is 42.5 Å². The third-order valence-corrected chi connectivity index (χ3v) is 7.93. The van der Waals surface area contributed by atoms with Crippen LogP contribution in [0.4, 0.5) is 10.5 Å². The number of carbonyl (C=O) groups is 2. The summed E-state index contributed by atoms with van der Waals surface area (Å²) >= 11 is 0. The van der Waals surface area contributed by atoms with Crippen molar-refractivity contribution in [2.45, 2.75) is 57.4 Å². The highest BCUT2D eigenvalue weighted by Gasteiger charge is 2.32. The van der Waals surface area contributed by atoms with Gasteiger partial charge in [-0.1, -0.05) is 31.0 Å². The number of amides is 3. The molecule has 3 heterocycles. The van der Waals surface area contributed by atoms with E-state index in [1.807, 2.05) is 59.2 Å². The van der Waals surface area contributed by atoms with Crippen molar-refractivity contribution >= 4 is 17.6 Å². The Balaban J connectivity index is 1.21. The quantitative estimate of drug-likeness (QED) is 0.707. The average Bonchev–Trinajstić information content (AvgIpc) is 3.44. The predicted molar refractivity (Wildman–Crippen MR) is 138 cm³/mol. The standard InChI is InChI=1S/C28H37N5O2/c1-21-11-12-25(27(34)32-19-17-31(18-20-32)24-9-5-6-10-24)26(29-21)22-13-15-33(16-14-22)28(35)30-23-7-3-2-4-8-23/h2-4,7-8,11-12,22,24H,5-6,9-10,13-20H2,1H3,(H,30,35). The van der Waals surface area contributed by atoms with E-state index in [-0.39, 0.29) is 17.9 Å². The third-order valence-electron chi connectivity index (χ3n) is 7.93. The summed E-state index contributed by atoms with van der Waals surface area (Å²) in [6.45, 7) is 6.83. The van der Waals surface area contributed by atoms with Gasteiger partial charge in [0.2, 0.25) is 0 Å². The van der Waals surface area contributed by atoms with Crippen LogP contribution >= 0.6 is 0 Å². The monoisotopic (exact) mass is 475 g/mol. The first-order chi connectivity index (χ1) is 17.1. The Bertz CT molecular complexity index is 1020. The third kappa shape index (κ3) is 5.50. The molecule has 35 heavy (non-hydrogen) atoms. The summed E-state index contributed by atoms with van der Waals surface area (Å²) in [4.78, 5) is 37.6. The lowest BCUT2D eigenvalue weighted by Gasteiger charge is -2.38. The molecule has 2 saturated heterocycles. The van der Waals surface area contributed by atoms with Crippen LogP contribution < -0.4 is 5.32 Å². The van der Waals surface area contributed by atoms with Crippen molar-refractivity contribution in [3.05, 3.63) is 59.4 Å². The largest absolute Gasteiger partial charge is 0.336 e. The fraction of sp³-hybridized carbons (Fsp3) is 0.536. The van der Waals surface area contributed by atoms with Gasteiger partial charge in [0.05, 0.1) is 11.3 Å². The Hall–Kier alpha value is -2.93. The van der Waals surface area contributed by atoms with E-state index in [9.17, 15) is 9.59 Å². The average molecular weight is 476 g/mol. The van der Waals surface area contributed by atoms with Gasteiger partial charge in [0.1, 0.15) is 0 Å². The van der Waals surface area contributed by atoms with Crippen LogP contribution in [0.5, 0.6) is 0 Å². The highest BCUT2D eigenvalue weighted by Crippen LogP contribution is 2.31. The first kappa shape index (κ1) is 23.8. The van der Waals surface area contributed by atoms with E-state index >= 15 is 0 Å². The van der Waals surface area contributed by atoms with Gasteiger partial charge in [-0.25, -0.2) is 4.79 Å². The highest BCUT2D eigenvalue weighted by molar-refractivity contribution is 5.95. The lowest BCUT2D eigenvalue weighted by molar-refractivity contribution is 0.0570. The number of aryl methyl sites for hydroxylation is 1. The number of piperazine rings is 1. The van der Waals surface area contributed by atoms with Gasteiger partial charge in [-0.15, -0.1) is 0 Å². The minimum absolute atomic E-state index is 0.0664. The van der Waals surface area contributed by atoms with Gasteiger partial charge in [0, 0.05) is 62.6 Å². The first-order valence-corrected chi connectivity index (χ1v) is 13.2. The number of benzene rings is 1. The maximum atomic E-state index is 13.6. The lowest BCUT2D eigenvalue weighted by Crippen LogP contribution is -2.51. The maximum Gasteiger partial charge on any atom is 0.321 e. The van der Waals surface area contributed by atoms with Crippen LogP contribution in [0.3, 0.4) is 0 Å². The van der Waals surface area contributed by atoms with Gasteiger partial charge in [-0.2, -0.15) is 0 Å². The van der Waals surface area contributed by atoms with Gasteiger partial charge in [-0.05, 0) is 56.9 Å². The zero-order valence-corrected chi connectivity index (χ0v) is 20.8. The van der Waals surface area contributed by atoms with Crippen molar-refractivity contribution in [2.75, 3.05) is 44.6 Å². The number of carbonyl (C=O) groups excluding carboxylic acids is 2. The molecule has 0 radical (unpaired) electrons. The van der Waals surface area contributed by atoms with Gasteiger partial charge < -0.3 is 15.1 Å². The molecule has 3 fully saturated rings. The number of likely N-dealkylation sites (tertiary alicyclic amines) is 1. The second-order valence-corrected chi connectivity index (χ2v) is 10.2. The van der Waals surface area contributed by atoms with E-state index in [2.05, 4.69) is 10.2 Å². The smallest absolute Gasteiger partial charge is 0.321 e. The molecule has 186 valence electrons. The number of anilines is 1. The number of urea groups is 1. The molecule has 1 aromatic carbocycles. The van der Waals surface area contributed by atoms with Gasteiger partial charge in [-0.3, -0.25) is 14.7 Å². The molecular formula is C28H37N5O2. The minimum atomic E-state index is -0.0664. The Labute approximate surface area is 208 Å². The van der Waals surface area contributed by atoms with Gasteiger partial charge >= 0.3 is 6.03 Å². The molecule has 1 N–H and O–H groups in total. The molecule has 7 heteroatoms. The summed E-state index contributed by atoms with van der Waals surface area (Å²) in [7, 11) is 0. The summed E-state index contributed by atoms with van der Waals surface area (Å²) < 4.78 is 0. The van der Waals surface area contributed by atoms with Crippen molar-refractivity contribution in [1.82, 2.24) is 19.7 Å². The van der Waals surface area contributed by atoms with E-state index in [1.54, 1.807) is 0 Å². The number of para-hydroxylation sites is 1. The van der Waals surface area contributed by atoms with Crippen molar-refractivity contribution in [2.24, 2.45) is 0 Å². The molecule has 1 saturated carbocycles. The number of nitrogens with one attached hydrogen (secondary N) is 1. The Morgan fingerprint density at radius 2 is 1.51 bits per heavy atom. The Morgan fingerprint density at radius 3 is 2.20 bits per heavy atom. The van der Waals surface area contributed by atoms with E-state index in [0.29, 0.717) is 19.1 Å². The van der Waals surface area contributed by atoms with Crippen LogP contribution in [-0.4, -0.2) is 76.9 Å². The fourth-order valence-electron chi connectivity index (χ4n) is 5.88. The zero-order chi connectivity index (χ0) is 24.2. The zero-order valence-electron chi connectivity index (χ0n) is 20.8. The minimum Gasteiger partial charge on any atom is -0.336 e. The van der Waals surface area contributed by atoms with Crippen molar-refractivity contribution < 1.29 is 9.59 Å². The SMILES string of the molecule is Cc1ccc(C(=O)N2CCN(C3CCCC3)CC2)c(C2CCN(C(=O)Nc3ccccc3)CC2)n1. The fourth-order valence-corrected chi connectivity index (χ4v) is 5.88. The normalized spacial score (nSPS) is 20.3. The molecule has 5 rings (SSSR count). The number of nitrogens with zero attached hydrogens (tertiary/aromatic N) is 4. The summed E-state index contributed by atoms with van der Waals surface area (Å²) in [5.74, 6) is 0.303. The topological polar surface area (TPSA) is 68.8 Å². The van der Waals surface area contributed by atoms with Crippen LogP contribution in [0.2, 0.25) is 0 Å². The summed E-state index contributed by atoms with van der Waals surface area (Å²) in [5, 5.41) is 2.98. The van der Waals surface area contributed by atoms with E-state index in [0.717, 1.165) is 61.7 Å². The van der Waals surface area contributed by atoms with Crippen molar-refractivity contribution in [1.29, 1.82) is 0 Å². The molecule has 0 spiro atoms. The molecule has 3 aliphatic rings. The van der Waals surface area contributed by atoms with Crippen LogP contribution in [0, 0.1) is 6.92 Å². The Morgan fingerprint density at radius 1 is 0.829 bits per heavy atom. The number of hydrogen-bond donors (Lipinski definition) is 1. The number of rotatable bonds is 4. The molecule has 0 bridgehead atoms. The van der Waals surface area contributed by atoms with Gasteiger partial charge in [0.25, 0.3) is 5.91 Å². The number of pyridine rings is 1. The van der Waals surface area contributed by atoms with Crippen LogP contribution in [-0.2, 0) is 0 Å². The predicted octanol–water partition coefficient (Wildman–Crippen LogP) is 4.50. The molecule has 1 aliphatic carbocycles.